The van der Waals surface area contributed by atoms with E-state index in [4.69, 9.17) is 5.11 Å². The fourth-order valence-electron chi connectivity index (χ4n) is 1.27. The van der Waals surface area contributed by atoms with Gasteiger partial charge in [0.15, 0.2) is 0 Å². The molecule has 4 heteroatoms. The highest BCUT2D eigenvalue weighted by Crippen LogP contribution is 2.19. The van der Waals surface area contributed by atoms with Gasteiger partial charge in [-0.1, -0.05) is 12.1 Å². The fourth-order valence-corrected chi connectivity index (χ4v) is 2.17. The molecule has 1 N–H and O–H groups in total. The van der Waals surface area contributed by atoms with Crippen molar-refractivity contribution in [3.63, 3.8) is 0 Å². The Kier molecular flexibility index (Phi) is 5.51. The zero-order valence-electron chi connectivity index (χ0n) is 10.5. The Morgan fingerprint density at radius 1 is 1.47 bits per heavy atom. The third-order valence-electron chi connectivity index (χ3n) is 2.61. The Hall–Kier alpha value is -1.00. The lowest BCUT2D eigenvalue weighted by Gasteiger charge is -2.21. The quantitative estimate of drug-likeness (QED) is 0.817. The Morgan fingerprint density at radius 2 is 2.18 bits per heavy atom. The van der Waals surface area contributed by atoms with Crippen LogP contribution in [0.4, 0.5) is 0 Å². The summed E-state index contributed by atoms with van der Waals surface area (Å²) in [5.74, 6) is 0.559. The van der Waals surface area contributed by atoms with E-state index >= 15 is 0 Å². The van der Waals surface area contributed by atoms with Crippen LogP contribution >= 0.6 is 11.8 Å². The van der Waals surface area contributed by atoms with E-state index in [2.05, 4.69) is 0 Å². The van der Waals surface area contributed by atoms with E-state index in [1.165, 1.54) is 11.8 Å². The maximum absolute atomic E-state index is 11.8. The molecule has 0 aliphatic rings. The molecule has 0 heterocycles. The number of hydrogen-bond acceptors (Lipinski definition) is 3. The lowest BCUT2D eigenvalue weighted by molar-refractivity contribution is -0.128. The van der Waals surface area contributed by atoms with Crippen molar-refractivity contribution in [2.45, 2.75) is 31.4 Å². The topological polar surface area (TPSA) is 40.5 Å². The van der Waals surface area contributed by atoms with E-state index in [-0.39, 0.29) is 18.6 Å². The van der Waals surface area contributed by atoms with Crippen molar-refractivity contribution in [3.8, 4) is 0 Å². The maximum Gasteiger partial charge on any atom is 0.232 e. The van der Waals surface area contributed by atoms with Gasteiger partial charge in [-0.2, -0.15) is 0 Å². The molecule has 1 amide bonds. The summed E-state index contributed by atoms with van der Waals surface area (Å²) in [5.41, 5.74) is 0.875. The molecule has 0 atom stereocenters. The lowest BCUT2D eigenvalue weighted by atomic mass is 10.2. The fraction of sp³-hybridized carbons (Fsp3) is 0.462. The van der Waals surface area contributed by atoms with Crippen molar-refractivity contribution in [1.29, 1.82) is 0 Å². The van der Waals surface area contributed by atoms with Crippen LogP contribution in [-0.4, -0.2) is 34.8 Å². The standard InChI is InChI=1S/C13H19NO2S/c1-10(2)14(3)13(16)9-17-12-6-4-5-11(7-12)8-15/h4-7,10,15H,8-9H2,1-3H3. The summed E-state index contributed by atoms with van der Waals surface area (Å²) in [4.78, 5) is 14.5. The molecule has 0 fully saturated rings. The van der Waals surface area contributed by atoms with Crippen LogP contribution in [0.3, 0.4) is 0 Å². The average Bonchev–Trinajstić information content (AvgIpc) is 2.35. The van der Waals surface area contributed by atoms with Gasteiger partial charge >= 0.3 is 0 Å². The highest BCUT2D eigenvalue weighted by atomic mass is 32.2. The van der Waals surface area contributed by atoms with Crippen molar-refractivity contribution in [2.24, 2.45) is 0 Å². The second kappa shape index (κ2) is 6.67. The minimum atomic E-state index is 0.0360. The highest BCUT2D eigenvalue weighted by molar-refractivity contribution is 8.00. The molecular formula is C13H19NO2S. The minimum absolute atomic E-state index is 0.0360. The number of rotatable bonds is 5. The lowest BCUT2D eigenvalue weighted by Crippen LogP contribution is -2.34. The van der Waals surface area contributed by atoms with Gasteiger partial charge in [-0.05, 0) is 31.5 Å². The summed E-state index contributed by atoms with van der Waals surface area (Å²) in [5, 5.41) is 9.02. The van der Waals surface area contributed by atoms with E-state index in [1.807, 2.05) is 45.2 Å². The molecule has 3 nitrogen and oxygen atoms in total. The normalized spacial score (nSPS) is 10.6. The van der Waals surface area contributed by atoms with E-state index in [0.29, 0.717) is 5.75 Å². The van der Waals surface area contributed by atoms with Gasteiger partial charge in [0.2, 0.25) is 5.91 Å². The predicted octanol–water partition coefficient (Wildman–Crippen LogP) is 2.14. The molecule has 0 saturated heterocycles. The SMILES string of the molecule is CC(C)N(C)C(=O)CSc1cccc(CO)c1. The number of carbonyl (C=O) groups is 1. The van der Waals surface area contributed by atoms with Crippen LogP contribution < -0.4 is 0 Å². The van der Waals surface area contributed by atoms with Crippen molar-refractivity contribution in [3.05, 3.63) is 29.8 Å². The van der Waals surface area contributed by atoms with Gasteiger partial charge in [0, 0.05) is 18.0 Å². The molecule has 0 unspecified atom stereocenters. The number of aliphatic hydroxyl groups is 1. The van der Waals surface area contributed by atoms with Gasteiger partial charge in [0.1, 0.15) is 0 Å². The molecule has 1 aromatic carbocycles. The molecule has 94 valence electrons. The predicted molar refractivity (Wildman–Crippen MR) is 71.0 cm³/mol. The highest BCUT2D eigenvalue weighted by Gasteiger charge is 2.11. The smallest absolute Gasteiger partial charge is 0.232 e. The Morgan fingerprint density at radius 3 is 2.76 bits per heavy atom. The molecular weight excluding hydrogens is 234 g/mol. The van der Waals surface area contributed by atoms with Crippen molar-refractivity contribution in [1.82, 2.24) is 4.90 Å². The summed E-state index contributed by atoms with van der Waals surface area (Å²) in [6.07, 6.45) is 0. The molecule has 0 spiro atoms. The summed E-state index contributed by atoms with van der Waals surface area (Å²) in [6.45, 7) is 4.03. The minimum Gasteiger partial charge on any atom is -0.392 e. The molecule has 0 aliphatic heterocycles. The first-order chi connectivity index (χ1) is 8.04. The third-order valence-corrected chi connectivity index (χ3v) is 3.59. The molecule has 0 radical (unpaired) electrons. The average molecular weight is 253 g/mol. The number of carbonyl (C=O) groups excluding carboxylic acids is 1. The number of amides is 1. The van der Waals surface area contributed by atoms with Gasteiger partial charge in [-0.15, -0.1) is 11.8 Å². The summed E-state index contributed by atoms with van der Waals surface area (Å²) in [6, 6.07) is 7.85. The van der Waals surface area contributed by atoms with Crippen LogP contribution in [0, 0.1) is 0 Å². The van der Waals surface area contributed by atoms with E-state index in [9.17, 15) is 4.79 Å². The first-order valence-electron chi connectivity index (χ1n) is 5.63. The van der Waals surface area contributed by atoms with Crippen LogP contribution in [0.2, 0.25) is 0 Å². The van der Waals surface area contributed by atoms with Crippen molar-refractivity contribution < 1.29 is 9.90 Å². The first-order valence-corrected chi connectivity index (χ1v) is 6.61. The van der Waals surface area contributed by atoms with E-state index < -0.39 is 0 Å². The molecule has 0 saturated carbocycles. The van der Waals surface area contributed by atoms with Crippen LogP contribution in [0.15, 0.2) is 29.2 Å². The third kappa shape index (κ3) is 4.40. The van der Waals surface area contributed by atoms with E-state index in [0.717, 1.165) is 10.5 Å². The van der Waals surface area contributed by atoms with Crippen LogP contribution in [0.1, 0.15) is 19.4 Å². The van der Waals surface area contributed by atoms with Crippen molar-refractivity contribution in [2.75, 3.05) is 12.8 Å². The maximum atomic E-state index is 11.8. The molecule has 0 bridgehead atoms. The van der Waals surface area contributed by atoms with Gasteiger partial charge in [-0.3, -0.25) is 4.79 Å². The number of aliphatic hydroxyl groups excluding tert-OH is 1. The summed E-state index contributed by atoms with van der Waals surface area (Å²) >= 11 is 1.50. The van der Waals surface area contributed by atoms with E-state index in [1.54, 1.807) is 4.90 Å². The largest absolute Gasteiger partial charge is 0.392 e. The molecule has 0 aromatic heterocycles. The Bertz CT molecular complexity index is 379. The van der Waals surface area contributed by atoms with Gasteiger partial charge in [-0.25, -0.2) is 0 Å². The number of thioether (sulfide) groups is 1. The molecule has 0 aliphatic carbocycles. The Balaban J connectivity index is 2.52. The number of nitrogens with zero attached hydrogens (tertiary/aromatic N) is 1. The van der Waals surface area contributed by atoms with Crippen LogP contribution in [0.5, 0.6) is 0 Å². The molecule has 1 aromatic rings. The second-order valence-corrected chi connectivity index (χ2v) is 5.24. The Labute approximate surface area is 107 Å². The summed E-state index contributed by atoms with van der Waals surface area (Å²) < 4.78 is 0. The summed E-state index contributed by atoms with van der Waals surface area (Å²) in [7, 11) is 1.82. The molecule has 17 heavy (non-hydrogen) atoms. The second-order valence-electron chi connectivity index (χ2n) is 4.19. The van der Waals surface area contributed by atoms with Gasteiger partial charge in [0.05, 0.1) is 12.4 Å². The van der Waals surface area contributed by atoms with Gasteiger partial charge in [0.25, 0.3) is 0 Å². The van der Waals surface area contributed by atoms with Crippen molar-refractivity contribution >= 4 is 17.7 Å². The number of hydrogen-bond donors (Lipinski definition) is 1. The van der Waals surface area contributed by atoms with Gasteiger partial charge < -0.3 is 10.0 Å². The zero-order chi connectivity index (χ0) is 12.8. The monoisotopic (exact) mass is 253 g/mol. The van der Waals surface area contributed by atoms with Crippen LogP contribution in [-0.2, 0) is 11.4 Å². The number of benzene rings is 1. The zero-order valence-corrected chi connectivity index (χ0v) is 11.3. The molecule has 1 rings (SSSR count). The first kappa shape index (κ1) is 14.1. The van der Waals surface area contributed by atoms with Crippen LogP contribution in [0.25, 0.3) is 0 Å².